The lowest BCUT2D eigenvalue weighted by Gasteiger charge is -2.23. The van der Waals surface area contributed by atoms with Gasteiger partial charge in [0.15, 0.2) is 0 Å². The zero-order valence-electron chi connectivity index (χ0n) is 15.6. The summed E-state index contributed by atoms with van der Waals surface area (Å²) >= 11 is 3.40. The highest BCUT2D eigenvalue weighted by molar-refractivity contribution is 9.10. The van der Waals surface area contributed by atoms with Crippen LogP contribution in [0.4, 0.5) is 11.4 Å². The number of fused-ring (bicyclic) bond motifs is 1. The summed E-state index contributed by atoms with van der Waals surface area (Å²) in [6.07, 6.45) is 0.697. The first-order chi connectivity index (χ1) is 12.7. The number of amides is 1. The summed E-state index contributed by atoms with van der Waals surface area (Å²) in [7, 11) is -0.766. The molecule has 0 aromatic heterocycles. The van der Waals surface area contributed by atoms with Crippen molar-refractivity contribution in [3.8, 4) is 5.75 Å². The maximum Gasteiger partial charge on any atom is 0.265 e. The Balaban J connectivity index is 2.05. The highest BCUT2D eigenvalue weighted by atomic mass is 79.9. The number of sulfonamides is 1. The molecule has 0 aliphatic carbocycles. The highest BCUT2D eigenvalue weighted by Crippen LogP contribution is 2.39. The maximum atomic E-state index is 13.2. The largest absolute Gasteiger partial charge is 0.497 e. The first kappa shape index (κ1) is 19.7. The van der Waals surface area contributed by atoms with Gasteiger partial charge >= 0.3 is 0 Å². The van der Waals surface area contributed by atoms with Crippen molar-refractivity contribution in [1.82, 2.24) is 0 Å². The number of halogens is 1. The topological polar surface area (TPSA) is 66.9 Å². The van der Waals surface area contributed by atoms with Crippen molar-refractivity contribution in [1.29, 1.82) is 0 Å². The van der Waals surface area contributed by atoms with E-state index in [-0.39, 0.29) is 16.8 Å². The minimum absolute atomic E-state index is 0.00155. The molecule has 2 aromatic rings. The molecule has 1 atom stereocenters. The Bertz CT molecular complexity index is 990. The van der Waals surface area contributed by atoms with Gasteiger partial charge < -0.3 is 9.64 Å². The summed E-state index contributed by atoms with van der Waals surface area (Å²) in [5.74, 6) is 0.546. The van der Waals surface area contributed by atoms with Crippen LogP contribution in [0, 0.1) is 0 Å². The molecule has 1 heterocycles. The zero-order valence-corrected chi connectivity index (χ0v) is 18.0. The summed E-state index contributed by atoms with van der Waals surface area (Å²) in [6.45, 7) is 3.44. The van der Waals surface area contributed by atoms with Gasteiger partial charge in [0.2, 0.25) is 5.91 Å². The Morgan fingerprint density at radius 2 is 1.89 bits per heavy atom. The van der Waals surface area contributed by atoms with Crippen molar-refractivity contribution >= 4 is 43.2 Å². The average Bonchev–Trinajstić information content (AvgIpc) is 2.95. The predicted octanol–water partition coefficient (Wildman–Crippen LogP) is 3.58. The van der Waals surface area contributed by atoms with Crippen molar-refractivity contribution in [2.75, 3.05) is 23.4 Å². The van der Waals surface area contributed by atoms with Crippen LogP contribution in [0.2, 0.25) is 0 Å². The number of hydrogen-bond donors (Lipinski definition) is 0. The van der Waals surface area contributed by atoms with E-state index in [9.17, 15) is 13.2 Å². The lowest BCUT2D eigenvalue weighted by atomic mass is 10.1. The number of carbonyl (C=O) groups excluding carboxylic acids is 1. The fourth-order valence-electron chi connectivity index (χ4n) is 3.37. The maximum absolute atomic E-state index is 13.2. The van der Waals surface area contributed by atoms with Crippen LogP contribution in [0.1, 0.15) is 19.4 Å². The van der Waals surface area contributed by atoms with E-state index in [1.807, 2.05) is 6.92 Å². The number of nitrogens with zero attached hydrogens (tertiary/aromatic N) is 2. The average molecular weight is 453 g/mol. The van der Waals surface area contributed by atoms with Crippen LogP contribution < -0.4 is 13.9 Å². The van der Waals surface area contributed by atoms with Gasteiger partial charge in [-0.3, -0.25) is 9.10 Å². The zero-order chi connectivity index (χ0) is 19.9. The van der Waals surface area contributed by atoms with Crippen molar-refractivity contribution in [3.05, 3.63) is 46.4 Å². The Morgan fingerprint density at radius 1 is 1.26 bits per heavy atom. The predicted molar refractivity (Wildman–Crippen MR) is 109 cm³/mol. The number of benzene rings is 2. The molecule has 0 bridgehead atoms. The second kappa shape index (κ2) is 7.16. The third-order valence-corrected chi connectivity index (χ3v) is 7.51. The van der Waals surface area contributed by atoms with Crippen LogP contribution >= 0.6 is 15.9 Å². The van der Waals surface area contributed by atoms with Crippen molar-refractivity contribution in [3.63, 3.8) is 0 Å². The van der Waals surface area contributed by atoms with Gasteiger partial charge in [-0.05, 0) is 71.2 Å². The Labute approximate surface area is 167 Å². The Morgan fingerprint density at radius 3 is 2.44 bits per heavy atom. The SMILES string of the molecule is COc1ccc(N(C)S(=O)(=O)c2cc3c(cc2Br)C[C@H](C)N3C(C)=O)cc1. The van der Waals surface area contributed by atoms with E-state index >= 15 is 0 Å². The normalized spacial score (nSPS) is 16.2. The van der Waals surface area contributed by atoms with Crippen LogP contribution in [-0.4, -0.2) is 34.5 Å². The molecule has 0 saturated carbocycles. The summed E-state index contributed by atoms with van der Waals surface area (Å²) < 4.78 is 33.3. The van der Waals surface area contributed by atoms with E-state index in [1.54, 1.807) is 48.4 Å². The highest BCUT2D eigenvalue weighted by Gasteiger charge is 2.33. The monoisotopic (exact) mass is 452 g/mol. The molecule has 27 heavy (non-hydrogen) atoms. The fourth-order valence-corrected chi connectivity index (χ4v) is 5.64. The van der Waals surface area contributed by atoms with Gasteiger partial charge in [0.1, 0.15) is 10.6 Å². The quantitative estimate of drug-likeness (QED) is 0.710. The van der Waals surface area contributed by atoms with Gasteiger partial charge in [-0.1, -0.05) is 0 Å². The molecule has 0 N–H and O–H groups in total. The van der Waals surface area contributed by atoms with E-state index in [4.69, 9.17) is 4.74 Å². The molecule has 0 unspecified atom stereocenters. The molecule has 3 rings (SSSR count). The number of methoxy groups -OCH3 is 1. The number of ether oxygens (including phenoxy) is 1. The van der Waals surface area contributed by atoms with E-state index in [0.29, 0.717) is 28.0 Å². The number of carbonyl (C=O) groups is 1. The Hall–Kier alpha value is -2.06. The van der Waals surface area contributed by atoms with Gasteiger partial charge in [0.05, 0.1) is 12.8 Å². The van der Waals surface area contributed by atoms with E-state index in [2.05, 4.69) is 15.9 Å². The number of hydrogen-bond acceptors (Lipinski definition) is 4. The standard InChI is InChI=1S/C19H21BrN2O4S/c1-12-9-14-10-17(20)19(11-18(14)22(12)13(2)23)27(24,25)21(3)15-5-7-16(26-4)8-6-15/h5-8,10-12H,9H2,1-4H3/t12-/m0/s1. The van der Waals surface area contributed by atoms with E-state index in [1.165, 1.54) is 18.3 Å². The Kier molecular flexibility index (Phi) is 5.22. The fraction of sp³-hybridized carbons (Fsp3) is 0.316. The smallest absolute Gasteiger partial charge is 0.265 e. The van der Waals surface area contributed by atoms with Crippen LogP contribution in [-0.2, 0) is 21.2 Å². The molecule has 8 heteroatoms. The molecule has 1 aliphatic heterocycles. The molecule has 0 spiro atoms. The second-order valence-corrected chi connectivity index (χ2v) is 9.32. The summed E-state index contributed by atoms with van der Waals surface area (Å²) in [5.41, 5.74) is 2.12. The van der Waals surface area contributed by atoms with Crippen LogP contribution in [0.25, 0.3) is 0 Å². The molecular weight excluding hydrogens is 432 g/mol. The molecule has 1 amide bonds. The number of rotatable bonds is 4. The molecular formula is C19H21BrN2O4S. The van der Waals surface area contributed by atoms with Gasteiger partial charge in [-0.15, -0.1) is 0 Å². The summed E-state index contributed by atoms with van der Waals surface area (Å²) in [4.78, 5) is 13.8. The minimum atomic E-state index is -3.82. The molecule has 144 valence electrons. The first-order valence-corrected chi connectivity index (χ1v) is 10.7. The van der Waals surface area contributed by atoms with Crippen molar-refractivity contribution in [2.24, 2.45) is 0 Å². The third-order valence-electron chi connectivity index (χ3n) is 4.76. The first-order valence-electron chi connectivity index (χ1n) is 8.42. The van der Waals surface area contributed by atoms with Crippen molar-refractivity contribution in [2.45, 2.75) is 31.2 Å². The van der Waals surface area contributed by atoms with Crippen molar-refractivity contribution < 1.29 is 17.9 Å². The third kappa shape index (κ3) is 3.43. The number of anilines is 2. The molecule has 6 nitrogen and oxygen atoms in total. The molecule has 2 aromatic carbocycles. The van der Waals surface area contributed by atoms with Gasteiger partial charge in [-0.2, -0.15) is 0 Å². The van der Waals surface area contributed by atoms with Crippen LogP contribution in [0.15, 0.2) is 45.8 Å². The lowest BCUT2D eigenvalue weighted by molar-refractivity contribution is -0.116. The summed E-state index contributed by atoms with van der Waals surface area (Å²) in [5, 5.41) is 0. The van der Waals surface area contributed by atoms with E-state index < -0.39 is 10.0 Å². The molecule has 1 aliphatic rings. The van der Waals surface area contributed by atoms with Gasteiger partial charge in [-0.25, -0.2) is 8.42 Å². The van der Waals surface area contributed by atoms with Gasteiger partial charge in [0, 0.05) is 30.2 Å². The molecule has 0 radical (unpaired) electrons. The summed E-state index contributed by atoms with van der Waals surface area (Å²) in [6, 6.07) is 10.2. The lowest BCUT2D eigenvalue weighted by Crippen LogP contribution is -2.33. The minimum Gasteiger partial charge on any atom is -0.497 e. The van der Waals surface area contributed by atoms with E-state index in [0.717, 1.165) is 5.56 Å². The second-order valence-electron chi connectivity index (χ2n) is 6.52. The molecule has 0 saturated heterocycles. The van der Waals surface area contributed by atoms with Crippen LogP contribution in [0.5, 0.6) is 5.75 Å². The molecule has 0 fully saturated rings. The van der Waals surface area contributed by atoms with Gasteiger partial charge in [0.25, 0.3) is 10.0 Å². The van der Waals surface area contributed by atoms with Crippen LogP contribution in [0.3, 0.4) is 0 Å².